The average Bonchev–Trinajstić information content (AvgIpc) is 2.44. The molecule has 2 aromatic rings. The minimum atomic E-state index is 0. The van der Waals surface area contributed by atoms with Gasteiger partial charge in [0, 0.05) is 0 Å². The second-order valence-corrected chi connectivity index (χ2v) is 6.98. The first kappa shape index (κ1) is 21.7. The summed E-state index contributed by atoms with van der Waals surface area (Å²) < 4.78 is 0. The van der Waals surface area contributed by atoms with Gasteiger partial charge in [0.15, 0.2) is 0 Å². The second-order valence-electron chi connectivity index (χ2n) is 6.98. The molecule has 0 aromatic heterocycles. The van der Waals surface area contributed by atoms with Crippen LogP contribution in [0.5, 0.6) is 0 Å². The fourth-order valence-electron chi connectivity index (χ4n) is 3.84. The van der Waals surface area contributed by atoms with Gasteiger partial charge in [0.05, 0.1) is 0 Å². The zero-order valence-corrected chi connectivity index (χ0v) is 17.0. The fraction of sp³-hybridized carbons (Fsp3) is 0.348. The van der Waals surface area contributed by atoms with E-state index in [9.17, 15) is 0 Å². The first-order valence-electron chi connectivity index (χ1n) is 8.78. The van der Waals surface area contributed by atoms with Crippen LogP contribution in [0.1, 0.15) is 46.2 Å². The molecule has 0 aliphatic rings. The van der Waals surface area contributed by atoms with Gasteiger partial charge >= 0.3 is 18.9 Å². The molecule has 0 atom stereocenters. The van der Waals surface area contributed by atoms with Crippen LogP contribution >= 0.6 is 0 Å². The Morgan fingerprint density at radius 2 is 1.12 bits per heavy atom. The Morgan fingerprint density at radius 1 is 0.760 bits per heavy atom. The molecule has 0 unspecified atom stereocenters. The molecule has 0 saturated heterocycles. The Morgan fingerprint density at radius 3 is 1.44 bits per heavy atom. The molecule has 2 rings (SSSR count). The molecule has 0 fully saturated rings. The van der Waals surface area contributed by atoms with Crippen molar-refractivity contribution in [3.63, 3.8) is 0 Å². The van der Waals surface area contributed by atoms with Gasteiger partial charge in [-0.3, -0.25) is 0 Å². The SMILES string of the molecule is [CH2-]CCC#CB(c1c(C)cc(C)cc1C)c1c(C)cc(C)cc1C.[Li+]. The predicted molar refractivity (Wildman–Crippen MR) is 109 cm³/mol. The summed E-state index contributed by atoms with van der Waals surface area (Å²) in [6, 6.07) is 9.10. The molecule has 0 radical (unpaired) electrons. The van der Waals surface area contributed by atoms with Crippen LogP contribution in [0.15, 0.2) is 24.3 Å². The maximum atomic E-state index is 3.92. The Hall–Kier alpha value is -1.34. The molecule has 0 spiro atoms. The van der Waals surface area contributed by atoms with Gasteiger partial charge in [-0.25, -0.2) is 0 Å². The molecule has 0 bridgehead atoms. The molecule has 124 valence electrons. The third-order valence-electron chi connectivity index (χ3n) is 4.60. The van der Waals surface area contributed by atoms with Gasteiger partial charge in [0.1, 0.15) is 0 Å². The van der Waals surface area contributed by atoms with Gasteiger partial charge in [-0.1, -0.05) is 68.6 Å². The quantitative estimate of drug-likeness (QED) is 0.454. The van der Waals surface area contributed by atoms with Crippen molar-refractivity contribution in [1.82, 2.24) is 0 Å². The van der Waals surface area contributed by atoms with Gasteiger partial charge in [0.2, 0.25) is 0 Å². The van der Waals surface area contributed by atoms with E-state index in [2.05, 4.69) is 84.5 Å². The maximum Gasteiger partial charge on any atom is 1.00 e. The Balaban J connectivity index is 0.00000312. The van der Waals surface area contributed by atoms with Crippen LogP contribution in [-0.4, -0.2) is 6.71 Å². The summed E-state index contributed by atoms with van der Waals surface area (Å²) in [6.45, 7) is 17.2. The van der Waals surface area contributed by atoms with Crippen molar-refractivity contribution in [2.24, 2.45) is 0 Å². The van der Waals surface area contributed by atoms with E-state index < -0.39 is 0 Å². The Kier molecular flexibility index (Phi) is 8.15. The number of rotatable bonds is 3. The van der Waals surface area contributed by atoms with E-state index in [0.29, 0.717) is 0 Å². The fourth-order valence-corrected chi connectivity index (χ4v) is 3.84. The molecule has 0 aliphatic heterocycles. The first-order chi connectivity index (χ1) is 11.3. The van der Waals surface area contributed by atoms with Crippen LogP contribution in [0.25, 0.3) is 0 Å². The summed E-state index contributed by atoms with van der Waals surface area (Å²) in [5, 5.41) is 0. The first-order valence-corrected chi connectivity index (χ1v) is 8.78. The summed E-state index contributed by atoms with van der Waals surface area (Å²) in [6.07, 6.45) is 1.71. The third-order valence-corrected chi connectivity index (χ3v) is 4.60. The van der Waals surface area contributed by atoms with Crippen LogP contribution in [0.4, 0.5) is 0 Å². The summed E-state index contributed by atoms with van der Waals surface area (Å²) in [5.74, 6) is 6.92. The maximum absolute atomic E-state index is 3.92. The van der Waals surface area contributed by atoms with Crippen molar-refractivity contribution in [2.45, 2.75) is 54.4 Å². The normalized spacial score (nSPS) is 9.88. The van der Waals surface area contributed by atoms with Gasteiger partial charge in [-0.05, 0) is 48.0 Å². The van der Waals surface area contributed by atoms with Gasteiger partial charge in [-0.15, -0.1) is 11.7 Å². The van der Waals surface area contributed by atoms with E-state index in [1.54, 1.807) is 0 Å². The minimum Gasteiger partial charge on any atom is -0.342 e. The van der Waals surface area contributed by atoms with Crippen LogP contribution in [0.3, 0.4) is 0 Å². The molecule has 2 heteroatoms. The van der Waals surface area contributed by atoms with Crippen LogP contribution < -0.4 is 29.8 Å². The van der Waals surface area contributed by atoms with E-state index >= 15 is 0 Å². The molecule has 0 saturated carbocycles. The monoisotopic (exact) mass is 322 g/mol. The van der Waals surface area contributed by atoms with Crippen molar-refractivity contribution in [3.05, 3.63) is 64.6 Å². The summed E-state index contributed by atoms with van der Waals surface area (Å²) in [4.78, 5) is 0. The van der Waals surface area contributed by atoms with Gasteiger partial charge < -0.3 is 6.92 Å². The molecule has 0 N–H and O–H groups in total. The summed E-state index contributed by atoms with van der Waals surface area (Å²) in [5.41, 5.74) is 10.7. The zero-order chi connectivity index (χ0) is 17.9. The van der Waals surface area contributed by atoms with E-state index in [-0.39, 0.29) is 25.6 Å². The molecule has 25 heavy (non-hydrogen) atoms. The van der Waals surface area contributed by atoms with Crippen LogP contribution in [0.2, 0.25) is 0 Å². The van der Waals surface area contributed by atoms with Gasteiger partial charge in [-0.2, -0.15) is 6.42 Å². The second kappa shape index (κ2) is 9.38. The standard InChI is InChI=1S/C23H28B.Li/c1-8-9-10-11-24(22-18(4)12-16(2)13-19(22)5)23-20(6)14-17(3)15-21(23)7;/h12-15H,1,8-9H2,2-7H3;/q-1;+1. The van der Waals surface area contributed by atoms with E-state index in [1.165, 1.54) is 44.3 Å². The topological polar surface area (TPSA) is 0 Å². The van der Waals surface area contributed by atoms with Crippen molar-refractivity contribution < 1.29 is 18.9 Å². The number of aryl methyl sites for hydroxylation is 6. The molecule has 0 aliphatic carbocycles. The number of unbranched alkanes of at least 4 members (excludes halogenated alkanes) is 1. The van der Waals surface area contributed by atoms with E-state index in [1.807, 2.05) is 0 Å². The van der Waals surface area contributed by atoms with Crippen molar-refractivity contribution >= 4 is 17.6 Å². The summed E-state index contributed by atoms with van der Waals surface area (Å²) in [7, 11) is 0. The Labute approximate surface area is 167 Å². The molecule has 0 amide bonds. The van der Waals surface area contributed by atoms with Gasteiger partial charge in [0.25, 0.3) is 6.71 Å². The third kappa shape index (κ3) is 5.08. The molecular formula is C23H28BLi. The van der Waals surface area contributed by atoms with Crippen LogP contribution in [-0.2, 0) is 0 Å². The minimum absolute atomic E-state index is 0. The Bertz CT molecular complexity index is 705. The molecule has 0 heterocycles. The smallest absolute Gasteiger partial charge is 0.342 e. The van der Waals surface area contributed by atoms with Crippen LogP contribution in [0, 0.1) is 60.2 Å². The average molecular weight is 322 g/mol. The zero-order valence-electron chi connectivity index (χ0n) is 17.0. The molecular weight excluding hydrogens is 294 g/mol. The number of hydrogen-bond donors (Lipinski definition) is 0. The molecule has 2 aromatic carbocycles. The van der Waals surface area contributed by atoms with Crippen molar-refractivity contribution in [3.8, 4) is 11.7 Å². The number of hydrogen-bond acceptors (Lipinski definition) is 0. The predicted octanol–water partition coefficient (Wildman–Crippen LogP) is 1.31. The van der Waals surface area contributed by atoms with E-state index in [0.717, 1.165) is 12.8 Å². The van der Waals surface area contributed by atoms with Crippen molar-refractivity contribution in [1.29, 1.82) is 0 Å². The molecule has 0 nitrogen and oxygen atoms in total. The van der Waals surface area contributed by atoms with Crippen molar-refractivity contribution in [2.75, 3.05) is 0 Å². The summed E-state index contributed by atoms with van der Waals surface area (Å²) >= 11 is 0. The largest absolute Gasteiger partial charge is 1.00 e. The number of benzene rings is 2. The van der Waals surface area contributed by atoms with E-state index in [4.69, 9.17) is 0 Å².